The Morgan fingerprint density at radius 3 is 3.00 bits per heavy atom. The molecule has 1 fully saturated rings. The summed E-state index contributed by atoms with van der Waals surface area (Å²) in [6.45, 7) is 0.892. The molecular formula is C9H13N3O2. The first-order valence-corrected chi connectivity index (χ1v) is 4.48. The van der Waals surface area contributed by atoms with Crippen molar-refractivity contribution >= 4 is 11.4 Å². The Labute approximate surface area is 81.9 Å². The zero-order valence-corrected chi connectivity index (χ0v) is 7.68. The van der Waals surface area contributed by atoms with Crippen LogP contribution in [0.5, 0.6) is 0 Å². The van der Waals surface area contributed by atoms with E-state index in [2.05, 4.69) is 10.3 Å². The molecule has 2 atom stereocenters. The molecule has 5 nitrogen and oxygen atoms in total. The highest BCUT2D eigenvalue weighted by Gasteiger charge is 2.25. The van der Waals surface area contributed by atoms with E-state index in [0.717, 1.165) is 5.69 Å². The van der Waals surface area contributed by atoms with Crippen molar-refractivity contribution in [2.24, 2.45) is 0 Å². The summed E-state index contributed by atoms with van der Waals surface area (Å²) >= 11 is 0. The van der Waals surface area contributed by atoms with Crippen molar-refractivity contribution in [2.75, 3.05) is 24.3 Å². The summed E-state index contributed by atoms with van der Waals surface area (Å²) in [5.74, 6) is 0. The Hall–Kier alpha value is -1.33. The number of nitrogens with two attached hydrogens (primary N) is 1. The summed E-state index contributed by atoms with van der Waals surface area (Å²) in [5.41, 5.74) is 6.98. The van der Waals surface area contributed by atoms with Crippen LogP contribution in [0.15, 0.2) is 18.5 Å². The molecule has 0 amide bonds. The molecular weight excluding hydrogens is 182 g/mol. The van der Waals surface area contributed by atoms with Crippen LogP contribution in [0.3, 0.4) is 0 Å². The summed E-state index contributed by atoms with van der Waals surface area (Å²) in [5, 5.41) is 12.6. The molecule has 1 aliphatic heterocycles. The highest BCUT2D eigenvalue weighted by molar-refractivity contribution is 5.51. The monoisotopic (exact) mass is 195 g/mol. The standard InChI is InChI=1S/C9H13N3O2/c10-6-1-7(3-11-2-6)12-8-4-14-5-9(8)13/h1-3,8-9,12-13H,4-5,10H2/t8-,9-/m1/s1. The minimum Gasteiger partial charge on any atom is -0.397 e. The third kappa shape index (κ3) is 1.94. The predicted octanol–water partition coefficient (Wildman–Crippen LogP) is -0.165. The molecule has 0 aromatic carbocycles. The number of nitrogen functional groups attached to an aromatic ring is 1. The average molecular weight is 195 g/mol. The van der Waals surface area contributed by atoms with Crippen LogP contribution in [0.2, 0.25) is 0 Å². The molecule has 1 saturated heterocycles. The lowest BCUT2D eigenvalue weighted by atomic mass is 10.2. The number of aliphatic hydroxyl groups excluding tert-OH is 1. The maximum atomic E-state index is 9.48. The maximum Gasteiger partial charge on any atom is 0.0996 e. The molecule has 0 radical (unpaired) electrons. The lowest BCUT2D eigenvalue weighted by Crippen LogP contribution is -2.31. The van der Waals surface area contributed by atoms with E-state index in [4.69, 9.17) is 10.5 Å². The van der Waals surface area contributed by atoms with E-state index in [1.807, 2.05) is 0 Å². The number of aromatic nitrogens is 1. The van der Waals surface area contributed by atoms with Crippen molar-refractivity contribution in [3.05, 3.63) is 18.5 Å². The van der Waals surface area contributed by atoms with Crippen LogP contribution in [0.25, 0.3) is 0 Å². The molecule has 1 aliphatic rings. The van der Waals surface area contributed by atoms with Gasteiger partial charge in [0.25, 0.3) is 0 Å². The van der Waals surface area contributed by atoms with E-state index >= 15 is 0 Å². The fourth-order valence-corrected chi connectivity index (χ4v) is 1.43. The lowest BCUT2D eigenvalue weighted by molar-refractivity contribution is 0.125. The Bertz CT molecular complexity index is 319. The van der Waals surface area contributed by atoms with Crippen molar-refractivity contribution in [3.8, 4) is 0 Å². The van der Waals surface area contributed by atoms with Crippen molar-refractivity contribution in [1.82, 2.24) is 4.98 Å². The molecule has 2 heterocycles. The molecule has 1 aromatic rings. The summed E-state index contributed by atoms with van der Waals surface area (Å²) in [6, 6.07) is 1.71. The summed E-state index contributed by atoms with van der Waals surface area (Å²) in [4.78, 5) is 3.94. The van der Waals surface area contributed by atoms with Crippen molar-refractivity contribution in [3.63, 3.8) is 0 Å². The fraction of sp³-hybridized carbons (Fsp3) is 0.444. The van der Waals surface area contributed by atoms with E-state index < -0.39 is 6.10 Å². The van der Waals surface area contributed by atoms with E-state index in [-0.39, 0.29) is 6.04 Å². The molecule has 0 bridgehead atoms. The van der Waals surface area contributed by atoms with Crippen LogP contribution in [0, 0.1) is 0 Å². The Balaban J connectivity index is 2.03. The second kappa shape index (κ2) is 3.81. The van der Waals surface area contributed by atoms with Crippen LogP contribution in [0.1, 0.15) is 0 Å². The van der Waals surface area contributed by atoms with Gasteiger partial charge in [-0.05, 0) is 6.07 Å². The first-order chi connectivity index (χ1) is 6.75. The zero-order chi connectivity index (χ0) is 9.97. The van der Waals surface area contributed by atoms with Gasteiger partial charge in [0.2, 0.25) is 0 Å². The number of aliphatic hydroxyl groups is 1. The van der Waals surface area contributed by atoms with E-state index in [1.165, 1.54) is 0 Å². The van der Waals surface area contributed by atoms with Gasteiger partial charge in [-0.2, -0.15) is 0 Å². The lowest BCUT2D eigenvalue weighted by Gasteiger charge is -2.15. The van der Waals surface area contributed by atoms with Gasteiger partial charge in [0.15, 0.2) is 0 Å². The van der Waals surface area contributed by atoms with E-state index in [1.54, 1.807) is 18.5 Å². The van der Waals surface area contributed by atoms with Gasteiger partial charge < -0.3 is 20.9 Å². The van der Waals surface area contributed by atoms with Crippen molar-refractivity contribution in [1.29, 1.82) is 0 Å². The number of ether oxygens (including phenoxy) is 1. The average Bonchev–Trinajstić information content (AvgIpc) is 2.52. The third-order valence-corrected chi connectivity index (χ3v) is 2.16. The van der Waals surface area contributed by atoms with Gasteiger partial charge in [-0.3, -0.25) is 4.98 Å². The Kier molecular flexibility index (Phi) is 2.51. The molecule has 0 aliphatic carbocycles. The molecule has 76 valence electrons. The minimum absolute atomic E-state index is 0.0707. The van der Waals surface area contributed by atoms with Crippen LogP contribution >= 0.6 is 0 Å². The number of hydrogen-bond donors (Lipinski definition) is 3. The smallest absolute Gasteiger partial charge is 0.0996 e. The molecule has 14 heavy (non-hydrogen) atoms. The Morgan fingerprint density at radius 1 is 1.50 bits per heavy atom. The normalized spacial score (nSPS) is 26.4. The van der Waals surface area contributed by atoms with Gasteiger partial charge in [0.05, 0.1) is 42.9 Å². The number of anilines is 2. The molecule has 1 aromatic heterocycles. The van der Waals surface area contributed by atoms with Gasteiger partial charge in [-0.1, -0.05) is 0 Å². The predicted molar refractivity (Wildman–Crippen MR) is 52.9 cm³/mol. The van der Waals surface area contributed by atoms with Gasteiger partial charge in [0.1, 0.15) is 0 Å². The summed E-state index contributed by atoms with van der Waals surface area (Å²) < 4.78 is 5.11. The van der Waals surface area contributed by atoms with Crippen molar-refractivity contribution < 1.29 is 9.84 Å². The Morgan fingerprint density at radius 2 is 2.36 bits per heavy atom. The maximum absolute atomic E-state index is 9.48. The largest absolute Gasteiger partial charge is 0.397 e. The zero-order valence-electron chi connectivity index (χ0n) is 7.68. The summed E-state index contributed by atoms with van der Waals surface area (Å²) in [6.07, 6.45) is 2.78. The molecule has 5 heteroatoms. The molecule has 0 unspecified atom stereocenters. The SMILES string of the molecule is Nc1cncc(N[C@@H]2COC[C@H]2O)c1. The number of hydrogen-bond acceptors (Lipinski definition) is 5. The molecule has 0 saturated carbocycles. The molecule has 0 spiro atoms. The first kappa shape index (κ1) is 9.23. The van der Waals surface area contributed by atoms with Crippen LogP contribution in [0.4, 0.5) is 11.4 Å². The van der Waals surface area contributed by atoms with Gasteiger partial charge >= 0.3 is 0 Å². The fourth-order valence-electron chi connectivity index (χ4n) is 1.43. The van der Waals surface area contributed by atoms with Crippen LogP contribution in [-0.4, -0.2) is 35.5 Å². The van der Waals surface area contributed by atoms with Gasteiger partial charge in [0, 0.05) is 6.20 Å². The third-order valence-electron chi connectivity index (χ3n) is 2.16. The van der Waals surface area contributed by atoms with E-state index in [0.29, 0.717) is 18.9 Å². The second-order valence-corrected chi connectivity index (χ2v) is 3.36. The van der Waals surface area contributed by atoms with E-state index in [9.17, 15) is 5.11 Å². The van der Waals surface area contributed by atoms with Crippen LogP contribution in [-0.2, 0) is 4.74 Å². The molecule has 2 rings (SSSR count). The van der Waals surface area contributed by atoms with Crippen LogP contribution < -0.4 is 11.1 Å². The van der Waals surface area contributed by atoms with Gasteiger partial charge in [-0.15, -0.1) is 0 Å². The number of rotatable bonds is 2. The summed E-state index contributed by atoms with van der Waals surface area (Å²) in [7, 11) is 0. The quantitative estimate of drug-likeness (QED) is 0.610. The minimum atomic E-state index is -0.462. The number of pyridine rings is 1. The highest BCUT2D eigenvalue weighted by atomic mass is 16.5. The highest BCUT2D eigenvalue weighted by Crippen LogP contribution is 2.15. The van der Waals surface area contributed by atoms with Gasteiger partial charge in [-0.25, -0.2) is 0 Å². The first-order valence-electron chi connectivity index (χ1n) is 4.48. The number of nitrogens with one attached hydrogen (secondary N) is 1. The van der Waals surface area contributed by atoms with Crippen molar-refractivity contribution in [2.45, 2.75) is 12.1 Å². The molecule has 4 N–H and O–H groups in total. The topological polar surface area (TPSA) is 80.4 Å². The second-order valence-electron chi connectivity index (χ2n) is 3.36. The number of nitrogens with zero attached hydrogens (tertiary/aromatic N) is 1.